The molecule has 6 heteroatoms. The van der Waals surface area contributed by atoms with E-state index in [1.807, 2.05) is 57.2 Å². The molecule has 30 heavy (non-hydrogen) atoms. The van der Waals surface area contributed by atoms with Crippen LogP contribution in [0.25, 0.3) is 17.7 Å². The quantitative estimate of drug-likeness (QED) is 0.404. The first-order valence-electron chi connectivity index (χ1n) is 9.53. The van der Waals surface area contributed by atoms with Gasteiger partial charge in [-0.2, -0.15) is 21.9 Å². The Morgan fingerprint density at radius 1 is 1.27 bits per heavy atom. The average Bonchev–Trinajstić information content (AvgIpc) is 3.25. The minimum Gasteiger partial charge on any atom is -0.492 e. The number of thiophene rings is 1. The van der Waals surface area contributed by atoms with Gasteiger partial charge in [0.1, 0.15) is 12.1 Å². The molecule has 0 amide bonds. The second kappa shape index (κ2) is 10.0. The largest absolute Gasteiger partial charge is 0.492 e. The first-order valence-corrected chi connectivity index (χ1v) is 9.85. The summed E-state index contributed by atoms with van der Waals surface area (Å²) in [6, 6.07) is 16.8. The standard InChI is InChI=1S/C24H18N3OS.Y/c1-4-24(3)22(19(15-27)23(28-24)18(13-25)14-26)21-12-16(2)20(29-21)11-10-17-8-6-5-7-9-17;/h5-11H,4H2,1-3H3;/q-1;/b11-10+;/i5D;. The van der Waals surface area contributed by atoms with Crippen molar-refractivity contribution >= 4 is 29.1 Å². The Balaban J connectivity index is 0.00000341. The van der Waals surface area contributed by atoms with Crippen LogP contribution < -0.4 is 0 Å². The molecule has 0 saturated carbocycles. The number of hydrogen-bond acceptors (Lipinski definition) is 5. The monoisotopic (exact) mass is 486 g/mol. The van der Waals surface area contributed by atoms with Crippen LogP contribution >= 0.6 is 11.3 Å². The number of aryl methyl sites for hydroxylation is 1. The minimum atomic E-state index is -0.821. The molecule has 4 nitrogen and oxygen atoms in total. The van der Waals surface area contributed by atoms with Crippen molar-refractivity contribution in [2.24, 2.45) is 0 Å². The molecular formula is C24H18N3OSY-. The number of benzene rings is 1. The fourth-order valence-corrected chi connectivity index (χ4v) is 4.30. The number of hydrogen-bond donors (Lipinski definition) is 0. The van der Waals surface area contributed by atoms with Crippen molar-refractivity contribution in [2.75, 3.05) is 0 Å². The molecule has 0 saturated heterocycles. The number of rotatable bonds is 4. The second-order valence-electron chi connectivity index (χ2n) is 6.69. The van der Waals surface area contributed by atoms with Crippen molar-refractivity contribution in [1.29, 1.82) is 15.8 Å². The summed E-state index contributed by atoms with van der Waals surface area (Å²) < 4.78 is 13.6. The molecule has 0 N–H and O–H groups in total. The van der Waals surface area contributed by atoms with Crippen LogP contribution in [0.4, 0.5) is 0 Å². The molecule has 3 rings (SSSR count). The van der Waals surface area contributed by atoms with Gasteiger partial charge in [0.05, 0.1) is 18.6 Å². The maximum absolute atomic E-state index is 9.81. The molecule has 1 aliphatic rings. The molecule has 0 aliphatic carbocycles. The summed E-state index contributed by atoms with van der Waals surface area (Å²) in [6.07, 6.45) is 4.52. The van der Waals surface area contributed by atoms with E-state index in [2.05, 4.69) is 12.1 Å². The van der Waals surface area contributed by atoms with Crippen molar-refractivity contribution in [1.82, 2.24) is 0 Å². The van der Waals surface area contributed by atoms with E-state index in [1.54, 1.807) is 12.1 Å². The van der Waals surface area contributed by atoms with Gasteiger partial charge in [0.25, 0.3) is 0 Å². The van der Waals surface area contributed by atoms with E-state index in [4.69, 9.17) is 6.11 Å². The normalized spacial score (nSPS) is 18.1. The van der Waals surface area contributed by atoms with Crippen LogP contribution in [0.1, 0.15) is 42.5 Å². The number of allylic oxidation sites excluding steroid dienone is 2. The fourth-order valence-electron chi connectivity index (χ4n) is 3.12. The molecule has 145 valence electrons. The SMILES string of the molecule is [2H]c1ccc(/C=C/c2sc(C3=C(C#N)C(=C(C#N)C#N)OC3(C)CC)[c-]c2C)cc1.[Y]. The molecule has 1 unspecified atom stereocenters. The summed E-state index contributed by atoms with van der Waals surface area (Å²) in [5.74, 6) is 0.0499. The Hall–Kier alpha value is -2.49. The third-order valence-corrected chi connectivity index (χ3v) is 6.02. The maximum Gasteiger partial charge on any atom is 0.171 e. The van der Waals surface area contributed by atoms with Crippen molar-refractivity contribution in [2.45, 2.75) is 32.8 Å². The van der Waals surface area contributed by atoms with Gasteiger partial charge in [0.2, 0.25) is 0 Å². The zero-order valence-corrected chi connectivity index (χ0v) is 20.6. The third kappa shape index (κ3) is 4.48. The van der Waals surface area contributed by atoms with Crippen molar-refractivity contribution in [3.05, 3.63) is 74.2 Å². The van der Waals surface area contributed by atoms with Crippen LogP contribution in [-0.2, 0) is 37.4 Å². The molecule has 1 aromatic heterocycles. The van der Waals surface area contributed by atoms with E-state index in [9.17, 15) is 15.8 Å². The summed E-state index contributed by atoms with van der Waals surface area (Å²) in [7, 11) is 0. The maximum atomic E-state index is 9.81. The third-order valence-electron chi connectivity index (χ3n) is 4.85. The summed E-state index contributed by atoms with van der Waals surface area (Å²) in [6.45, 7) is 5.75. The summed E-state index contributed by atoms with van der Waals surface area (Å²) in [5.41, 5.74) is 1.78. The van der Waals surface area contributed by atoms with Crippen molar-refractivity contribution in [3.63, 3.8) is 0 Å². The van der Waals surface area contributed by atoms with E-state index in [0.29, 0.717) is 18.0 Å². The fraction of sp³-hybridized carbons (Fsp3) is 0.208. The Labute approximate surface area is 207 Å². The zero-order valence-electron chi connectivity index (χ0n) is 17.9. The van der Waals surface area contributed by atoms with Gasteiger partial charge in [0, 0.05) is 32.7 Å². The minimum absolute atomic E-state index is 0. The van der Waals surface area contributed by atoms with Gasteiger partial charge in [-0.05, 0) is 18.9 Å². The van der Waals surface area contributed by atoms with E-state index in [0.717, 1.165) is 20.9 Å². The van der Waals surface area contributed by atoms with Gasteiger partial charge in [-0.25, -0.2) is 11.3 Å². The molecule has 2 aromatic rings. The number of nitrogens with zero attached hydrogens (tertiary/aromatic N) is 3. The Bertz CT molecular complexity index is 1200. The molecule has 0 spiro atoms. The molecule has 1 aliphatic heterocycles. The van der Waals surface area contributed by atoms with Crippen molar-refractivity contribution in [3.8, 4) is 18.2 Å². The van der Waals surface area contributed by atoms with E-state index >= 15 is 0 Å². The van der Waals surface area contributed by atoms with Crippen LogP contribution in [0.5, 0.6) is 0 Å². The van der Waals surface area contributed by atoms with E-state index in [-0.39, 0.29) is 49.6 Å². The number of nitriles is 3. The van der Waals surface area contributed by atoms with Crippen LogP contribution in [0, 0.1) is 47.0 Å². The van der Waals surface area contributed by atoms with E-state index in [1.165, 1.54) is 11.3 Å². The van der Waals surface area contributed by atoms with Crippen LogP contribution in [0.2, 0.25) is 0 Å². The predicted molar refractivity (Wildman–Crippen MR) is 114 cm³/mol. The summed E-state index contributed by atoms with van der Waals surface area (Å²) >= 11 is 1.49. The Morgan fingerprint density at radius 3 is 2.50 bits per heavy atom. The zero-order chi connectivity index (χ0) is 21.9. The van der Waals surface area contributed by atoms with E-state index < -0.39 is 5.60 Å². The molecule has 0 bridgehead atoms. The van der Waals surface area contributed by atoms with Gasteiger partial charge < -0.3 is 4.74 Å². The summed E-state index contributed by atoms with van der Waals surface area (Å²) in [4.78, 5) is 1.75. The first kappa shape index (κ1) is 22.2. The molecule has 1 aromatic carbocycles. The van der Waals surface area contributed by atoms with Gasteiger partial charge in [-0.3, -0.25) is 0 Å². The molecule has 0 fully saturated rings. The smallest absolute Gasteiger partial charge is 0.171 e. The second-order valence-corrected chi connectivity index (χ2v) is 7.74. The van der Waals surface area contributed by atoms with Gasteiger partial charge in [-0.15, -0.1) is 5.56 Å². The molecular weight excluding hydrogens is 467 g/mol. The molecule has 1 atom stereocenters. The van der Waals surface area contributed by atoms with Gasteiger partial charge in [-0.1, -0.05) is 71.6 Å². The number of ether oxygens (including phenoxy) is 1. The van der Waals surface area contributed by atoms with Crippen LogP contribution in [0.3, 0.4) is 0 Å². The Morgan fingerprint density at radius 2 is 1.93 bits per heavy atom. The Kier molecular flexibility index (Phi) is 7.41. The summed E-state index contributed by atoms with van der Waals surface area (Å²) in [5, 5.41) is 28.4. The first-order chi connectivity index (χ1) is 14.4. The van der Waals surface area contributed by atoms with Crippen LogP contribution in [0.15, 0.2) is 47.2 Å². The average molecular weight is 486 g/mol. The predicted octanol–water partition coefficient (Wildman–Crippen LogP) is 5.80. The van der Waals surface area contributed by atoms with Gasteiger partial charge >= 0.3 is 0 Å². The topological polar surface area (TPSA) is 80.6 Å². The van der Waals surface area contributed by atoms with Crippen LogP contribution in [-0.4, -0.2) is 5.60 Å². The molecule has 2 heterocycles. The van der Waals surface area contributed by atoms with Gasteiger partial charge in [0.15, 0.2) is 11.3 Å². The van der Waals surface area contributed by atoms with Crippen molar-refractivity contribution < 1.29 is 38.8 Å². The molecule has 1 radical (unpaired) electrons.